The molecule has 0 fully saturated rings. The van der Waals surface area contributed by atoms with Crippen LogP contribution in [0.4, 0.5) is 0 Å². The maximum absolute atomic E-state index is 10.7. The van der Waals surface area contributed by atoms with E-state index in [1.165, 1.54) is 12.1 Å². The van der Waals surface area contributed by atoms with Gasteiger partial charge in [0.15, 0.2) is 0 Å². The second-order valence-corrected chi connectivity index (χ2v) is 4.38. The molecule has 1 N–H and O–H groups in total. The zero-order chi connectivity index (χ0) is 12.1. The third-order valence-electron chi connectivity index (χ3n) is 2.13. The number of aromatic carboxylic acids is 1. The molecule has 1 rings (SSSR count). The maximum Gasteiger partial charge on any atom is 0.337 e. The summed E-state index contributed by atoms with van der Waals surface area (Å²) in [7, 11) is 0. The molecule has 0 aliphatic carbocycles. The molecule has 0 bridgehead atoms. The number of benzene rings is 1. The average molecular weight is 243 g/mol. The SMILES string of the molecule is CC(C)CCOc1ccc(C(=O)O)c(Cl)c1. The summed E-state index contributed by atoms with van der Waals surface area (Å²) >= 11 is 5.81. The lowest BCUT2D eigenvalue weighted by Gasteiger charge is -2.08. The zero-order valence-corrected chi connectivity index (χ0v) is 10.1. The number of ether oxygens (including phenoxy) is 1. The molecule has 0 radical (unpaired) electrons. The second kappa shape index (κ2) is 5.75. The highest BCUT2D eigenvalue weighted by Crippen LogP contribution is 2.22. The highest BCUT2D eigenvalue weighted by Gasteiger charge is 2.09. The quantitative estimate of drug-likeness (QED) is 0.860. The van der Waals surface area contributed by atoms with Crippen LogP contribution in [0.1, 0.15) is 30.6 Å². The second-order valence-electron chi connectivity index (χ2n) is 3.98. The van der Waals surface area contributed by atoms with Crippen LogP contribution in [0.15, 0.2) is 18.2 Å². The molecule has 0 heterocycles. The summed E-state index contributed by atoms with van der Waals surface area (Å²) in [6.45, 7) is 4.84. The molecule has 88 valence electrons. The van der Waals surface area contributed by atoms with Gasteiger partial charge in [-0.3, -0.25) is 0 Å². The summed E-state index contributed by atoms with van der Waals surface area (Å²) in [5.74, 6) is 0.156. The van der Waals surface area contributed by atoms with Crippen LogP contribution in [0.5, 0.6) is 5.75 Å². The molecule has 0 aliphatic rings. The molecule has 0 unspecified atom stereocenters. The van der Waals surface area contributed by atoms with Gasteiger partial charge < -0.3 is 9.84 Å². The first kappa shape index (κ1) is 12.8. The molecule has 16 heavy (non-hydrogen) atoms. The van der Waals surface area contributed by atoms with Crippen molar-refractivity contribution in [2.45, 2.75) is 20.3 Å². The predicted octanol–water partition coefficient (Wildman–Crippen LogP) is 3.46. The molecule has 0 amide bonds. The Labute approximate surface area is 100.0 Å². The van der Waals surface area contributed by atoms with E-state index in [1.54, 1.807) is 6.07 Å². The molecular formula is C12H15ClO3. The number of hydrogen-bond acceptors (Lipinski definition) is 2. The van der Waals surface area contributed by atoms with E-state index < -0.39 is 5.97 Å². The van der Waals surface area contributed by atoms with Crippen molar-refractivity contribution in [1.29, 1.82) is 0 Å². The molecular weight excluding hydrogens is 228 g/mol. The van der Waals surface area contributed by atoms with Crippen molar-refractivity contribution in [1.82, 2.24) is 0 Å². The van der Waals surface area contributed by atoms with Gasteiger partial charge in [0.2, 0.25) is 0 Å². The number of rotatable bonds is 5. The molecule has 3 nitrogen and oxygen atoms in total. The van der Waals surface area contributed by atoms with Crippen LogP contribution >= 0.6 is 11.6 Å². The molecule has 1 aromatic carbocycles. The molecule has 1 aromatic rings. The predicted molar refractivity (Wildman–Crippen MR) is 63.4 cm³/mol. The smallest absolute Gasteiger partial charge is 0.337 e. The Morgan fingerprint density at radius 1 is 1.50 bits per heavy atom. The van der Waals surface area contributed by atoms with Gasteiger partial charge >= 0.3 is 5.97 Å². The van der Waals surface area contributed by atoms with E-state index in [4.69, 9.17) is 21.4 Å². The van der Waals surface area contributed by atoms with Crippen LogP contribution < -0.4 is 4.74 Å². The lowest BCUT2D eigenvalue weighted by molar-refractivity contribution is 0.0697. The van der Waals surface area contributed by atoms with Gasteiger partial charge in [-0.15, -0.1) is 0 Å². The highest BCUT2D eigenvalue weighted by atomic mass is 35.5. The van der Waals surface area contributed by atoms with E-state index in [2.05, 4.69) is 13.8 Å². The van der Waals surface area contributed by atoms with E-state index in [-0.39, 0.29) is 10.6 Å². The van der Waals surface area contributed by atoms with E-state index in [0.717, 1.165) is 6.42 Å². The summed E-state index contributed by atoms with van der Waals surface area (Å²) in [5.41, 5.74) is 0.0953. The number of carboxylic acid groups (broad SMARTS) is 1. The molecule has 0 saturated carbocycles. The lowest BCUT2D eigenvalue weighted by atomic mass is 10.1. The van der Waals surface area contributed by atoms with Gasteiger partial charge in [0.1, 0.15) is 5.75 Å². The maximum atomic E-state index is 10.7. The minimum absolute atomic E-state index is 0.0953. The standard InChI is InChI=1S/C12H15ClO3/c1-8(2)5-6-16-9-3-4-10(12(14)15)11(13)7-9/h3-4,7-8H,5-6H2,1-2H3,(H,14,15). The van der Waals surface area contributed by atoms with Gasteiger partial charge in [0.05, 0.1) is 17.2 Å². The summed E-state index contributed by atoms with van der Waals surface area (Å²) in [6, 6.07) is 4.61. The Kier molecular flexibility index (Phi) is 4.62. The van der Waals surface area contributed by atoms with E-state index in [9.17, 15) is 4.79 Å². The van der Waals surface area contributed by atoms with E-state index in [0.29, 0.717) is 18.3 Å². The molecule has 0 saturated heterocycles. The van der Waals surface area contributed by atoms with Gasteiger partial charge in [-0.05, 0) is 30.5 Å². The van der Waals surface area contributed by atoms with Gasteiger partial charge in [0, 0.05) is 0 Å². The normalized spacial score (nSPS) is 10.5. The lowest BCUT2D eigenvalue weighted by Crippen LogP contribution is -2.02. The van der Waals surface area contributed by atoms with Crippen LogP contribution in [0.2, 0.25) is 5.02 Å². The number of hydrogen-bond donors (Lipinski definition) is 1. The van der Waals surface area contributed by atoms with Crippen LogP contribution in [0.3, 0.4) is 0 Å². The molecule has 0 aromatic heterocycles. The number of halogens is 1. The zero-order valence-electron chi connectivity index (χ0n) is 9.37. The Balaban J connectivity index is 2.63. The first-order valence-electron chi connectivity index (χ1n) is 5.16. The Hall–Kier alpha value is -1.22. The van der Waals surface area contributed by atoms with Crippen molar-refractivity contribution in [3.8, 4) is 5.75 Å². The largest absolute Gasteiger partial charge is 0.494 e. The van der Waals surface area contributed by atoms with Gasteiger partial charge in [-0.2, -0.15) is 0 Å². The topological polar surface area (TPSA) is 46.5 Å². The molecule has 0 atom stereocenters. The van der Waals surface area contributed by atoms with Crippen LogP contribution in [-0.2, 0) is 0 Å². The summed E-state index contributed by atoms with van der Waals surface area (Å²) in [6.07, 6.45) is 0.957. The monoisotopic (exact) mass is 242 g/mol. The summed E-state index contributed by atoms with van der Waals surface area (Å²) in [5, 5.41) is 8.98. The Morgan fingerprint density at radius 2 is 2.19 bits per heavy atom. The van der Waals surface area contributed by atoms with Crippen molar-refractivity contribution in [3.63, 3.8) is 0 Å². The molecule has 0 aliphatic heterocycles. The van der Waals surface area contributed by atoms with Crippen LogP contribution in [-0.4, -0.2) is 17.7 Å². The third kappa shape index (κ3) is 3.74. The van der Waals surface area contributed by atoms with Crippen LogP contribution in [0.25, 0.3) is 0 Å². The molecule has 4 heteroatoms. The van der Waals surface area contributed by atoms with Gasteiger partial charge in [-0.1, -0.05) is 25.4 Å². The first-order valence-corrected chi connectivity index (χ1v) is 5.54. The number of carbonyl (C=O) groups is 1. The first-order chi connectivity index (χ1) is 7.50. The van der Waals surface area contributed by atoms with Crippen LogP contribution in [0, 0.1) is 5.92 Å². The Bertz CT molecular complexity index is 375. The molecule has 0 spiro atoms. The summed E-state index contributed by atoms with van der Waals surface area (Å²) in [4.78, 5) is 10.7. The van der Waals surface area contributed by atoms with Crippen molar-refractivity contribution in [3.05, 3.63) is 28.8 Å². The van der Waals surface area contributed by atoms with E-state index in [1.807, 2.05) is 0 Å². The fraction of sp³-hybridized carbons (Fsp3) is 0.417. The highest BCUT2D eigenvalue weighted by molar-refractivity contribution is 6.33. The fourth-order valence-corrected chi connectivity index (χ4v) is 1.42. The third-order valence-corrected chi connectivity index (χ3v) is 2.45. The van der Waals surface area contributed by atoms with Gasteiger partial charge in [0.25, 0.3) is 0 Å². The fourth-order valence-electron chi connectivity index (χ4n) is 1.17. The summed E-state index contributed by atoms with van der Waals surface area (Å²) < 4.78 is 5.46. The number of carboxylic acids is 1. The minimum Gasteiger partial charge on any atom is -0.494 e. The average Bonchev–Trinajstić information content (AvgIpc) is 2.16. The van der Waals surface area contributed by atoms with Crippen molar-refractivity contribution in [2.75, 3.05) is 6.61 Å². The van der Waals surface area contributed by atoms with Crippen molar-refractivity contribution >= 4 is 17.6 Å². The van der Waals surface area contributed by atoms with Crippen molar-refractivity contribution < 1.29 is 14.6 Å². The Morgan fingerprint density at radius 3 is 2.69 bits per heavy atom. The van der Waals surface area contributed by atoms with E-state index >= 15 is 0 Å². The van der Waals surface area contributed by atoms with Crippen molar-refractivity contribution in [2.24, 2.45) is 5.92 Å². The minimum atomic E-state index is -1.03. The van der Waals surface area contributed by atoms with Gasteiger partial charge in [-0.25, -0.2) is 4.79 Å².